The minimum atomic E-state index is -0.648. The first-order valence-electron chi connectivity index (χ1n) is 7.71. The minimum absolute atomic E-state index is 0.0159. The molecule has 1 aliphatic rings. The molecule has 1 heterocycles. The fourth-order valence-corrected chi connectivity index (χ4v) is 2.64. The Bertz CT molecular complexity index is 737. The van der Waals surface area contributed by atoms with Gasteiger partial charge in [0.25, 0.3) is 0 Å². The second kappa shape index (κ2) is 5.95. The van der Waals surface area contributed by atoms with E-state index in [1.54, 1.807) is 0 Å². The van der Waals surface area contributed by atoms with Crippen molar-refractivity contribution in [2.75, 3.05) is 6.79 Å². The maximum atomic E-state index is 12.6. The van der Waals surface area contributed by atoms with Crippen molar-refractivity contribution in [2.45, 2.75) is 32.7 Å². The molecule has 1 amide bonds. The minimum Gasteiger partial charge on any atom is -0.454 e. The number of aryl methyl sites for hydroxylation is 1. The van der Waals surface area contributed by atoms with Crippen LogP contribution in [0.5, 0.6) is 11.5 Å². The number of hydrogen-bond donors (Lipinski definition) is 1. The number of rotatable bonds is 4. The van der Waals surface area contributed by atoms with Crippen LogP contribution in [-0.4, -0.2) is 12.7 Å². The van der Waals surface area contributed by atoms with E-state index in [2.05, 4.69) is 11.4 Å². The Morgan fingerprint density at radius 2 is 1.91 bits per heavy atom. The Hall–Kier alpha value is -2.49. The standard InChI is InChI=1S/C19H21NO3/c1-13-5-4-6-14(9-13)11-20-18(21)19(2,3)15-7-8-16-17(10-15)23-12-22-16/h4-10H,11-12H2,1-3H3,(H,20,21). The highest BCUT2D eigenvalue weighted by atomic mass is 16.7. The molecule has 3 rings (SSSR count). The smallest absolute Gasteiger partial charge is 0.231 e. The Kier molecular flexibility index (Phi) is 3.99. The van der Waals surface area contributed by atoms with Crippen molar-refractivity contribution >= 4 is 5.91 Å². The third-order valence-electron chi connectivity index (χ3n) is 4.20. The summed E-state index contributed by atoms with van der Waals surface area (Å²) in [5.41, 5.74) is 2.54. The third-order valence-corrected chi connectivity index (χ3v) is 4.20. The zero-order chi connectivity index (χ0) is 16.4. The van der Waals surface area contributed by atoms with Gasteiger partial charge in [-0.05, 0) is 44.0 Å². The van der Waals surface area contributed by atoms with E-state index < -0.39 is 5.41 Å². The Labute approximate surface area is 136 Å². The van der Waals surface area contributed by atoms with Crippen molar-refractivity contribution in [3.05, 3.63) is 59.2 Å². The van der Waals surface area contributed by atoms with Crippen molar-refractivity contribution in [3.63, 3.8) is 0 Å². The highest BCUT2D eigenvalue weighted by Gasteiger charge is 2.31. The lowest BCUT2D eigenvalue weighted by Crippen LogP contribution is -2.39. The zero-order valence-electron chi connectivity index (χ0n) is 13.7. The normalized spacial score (nSPS) is 13.0. The SMILES string of the molecule is Cc1cccc(CNC(=O)C(C)(C)c2ccc3c(c2)OCO3)c1. The van der Waals surface area contributed by atoms with Crippen LogP contribution in [0.2, 0.25) is 0 Å². The van der Waals surface area contributed by atoms with Crippen molar-refractivity contribution in [1.82, 2.24) is 5.32 Å². The number of carbonyl (C=O) groups excluding carboxylic acids is 1. The molecular formula is C19H21NO3. The maximum absolute atomic E-state index is 12.6. The van der Waals surface area contributed by atoms with Gasteiger partial charge in [0.15, 0.2) is 11.5 Å². The van der Waals surface area contributed by atoms with E-state index in [4.69, 9.17) is 9.47 Å². The van der Waals surface area contributed by atoms with Crippen LogP contribution in [0.25, 0.3) is 0 Å². The molecular weight excluding hydrogens is 290 g/mol. The largest absolute Gasteiger partial charge is 0.454 e. The van der Waals surface area contributed by atoms with Crippen molar-refractivity contribution in [3.8, 4) is 11.5 Å². The molecule has 0 radical (unpaired) electrons. The van der Waals surface area contributed by atoms with Gasteiger partial charge >= 0.3 is 0 Å². The van der Waals surface area contributed by atoms with Gasteiger partial charge in [0.1, 0.15) is 0 Å². The van der Waals surface area contributed by atoms with E-state index in [0.717, 1.165) is 16.9 Å². The number of carbonyl (C=O) groups is 1. The van der Waals surface area contributed by atoms with Crippen molar-refractivity contribution in [1.29, 1.82) is 0 Å². The molecule has 2 aromatic carbocycles. The van der Waals surface area contributed by atoms with E-state index in [-0.39, 0.29) is 12.7 Å². The predicted octanol–water partition coefficient (Wildman–Crippen LogP) is 3.32. The molecule has 0 atom stereocenters. The highest BCUT2D eigenvalue weighted by molar-refractivity contribution is 5.87. The lowest BCUT2D eigenvalue weighted by molar-refractivity contribution is -0.125. The van der Waals surface area contributed by atoms with Gasteiger partial charge in [-0.25, -0.2) is 0 Å². The summed E-state index contributed by atoms with van der Waals surface area (Å²) in [6, 6.07) is 13.8. The number of amides is 1. The van der Waals surface area contributed by atoms with Crippen LogP contribution in [0.3, 0.4) is 0 Å². The summed E-state index contributed by atoms with van der Waals surface area (Å²) in [4.78, 5) is 12.6. The number of benzene rings is 2. The maximum Gasteiger partial charge on any atom is 0.231 e. The van der Waals surface area contributed by atoms with Crippen LogP contribution >= 0.6 is 0 Å². The lowest BCUT2D eigenvalue weighted by Gasteiger charge is -2.24. The third kappa shape index (κ3) is 3.16. The van der Waals surface area contributed by atoms with Gasteiger partial charge in [0, 0.05) is 6.54 Å². The first-order valence-corrected chi connectivity index (χ1v) is 7.71. The topological polar surface area (TPSA) is 47.6 Å². The van der Waals surface area contributed by atoms with E-state index in [1.165, 1.54) is 5.56 Å². The first-order chi connectivity index (χ1) is 11.0. The van der Waals surface area contributed by atoms with Crippen LogP contribution < -0.4 is 14.8 Å². The number of fused-ring (bicyclic) bond motifs is 1. The molecule has 23 heavy (non-hydrogen) atoms. The van der Waals surface area contributed by atoms with Crippen LogP contribution in [0.4, 0.5) is 0 Å². The van der Waals surface area contributed by atoms with Gasteiger partial charge < -0.3 is 14.8 Å². The molecule has 0 unspecified atom stereocenters. The molecule has 0 aromatic heterocycles. The summed E-state index contributed by atoms with van der Waals surface area (Å²) in [6.07, 6.45) is 0. The molecule has 0 fully saturated rings. The van der Waals surface area contributed by atoms with Gasteiger partial charge in [-0.2, -0.15) is 0 Å². The van der Waals surface area contributed by atoms with E-state index in [9.17, 15) is 4.79 Å². The fraction of sp³-hybridized carbons (Fsp3) is 0.316. The molecule has 120 valence electrons. The van der Waals surface area contributed by atoms with Gasteiger partial charge in [0.2, 0.25) is 12.7 Å². The molecule has 4 nitrogen and oxygen atoms in total. The van der Waals surface area contributed by atoms with Crippen LogP contribution in [0.15, 0.2) is 42.5 Å². The zero-order valence-corrected chi connectivity index (χ0v) is 13.7. The molecule has 2 aromatic rings. The van der Waals surface area contributed by atoms with E-state index in [1.807, 2.05) is 57.2 Å². The lowest BCUT2D eigenvalue weighted by atomic mass is 9.83. The second-order valence-electron chi connectivity index (χ2n) is 6.36. The summed E-state index contributed by atoms with van der Waals surface area (Å²) in [5, 5.41) is 3.02. The summed E-state index contributed by atoms with van der Waals surface area (Å²) in [7, 11) is 0. The van der Waals surface area contributed by atoms with Gasteiger partial charge in [0.05, 0.1) is 5.41 Å². The van der Waals surface area contributed by atoms with Gasteiger partial charge in [-0.3, -0.25) is 4.79 Å². The molecule has 0 spiro atoms. The average molecular weight is 311 g/mol. The Morgan fingerprint density at radius 1 is 1.13 bits per heavy atom. The monoisotopic (exact) mass is 311 g/mol. The van der Waals surface area contributed by atoms with Gasteiger partial charge in [-0.15, -0.1) is 0 Å². The molecule has 0 saturated carbocycles. The number of ether oxygens (including phenoxy) is 2. The van der Waals surface area contributed by atoms with Crippen molar-refractivity contribution in [2.24, 2.45) is 0 Å². The number of nitrogens with one attached hydrogen (secondary N) is 1. The molecule has 0 aliphatic carbocycles. The quantitative estimate of drug-likeness (QED) is 0.942. The molecule has 4 heteroatoms. The van der Waals surface area contributed by atoms with E-state index in [0.29, 0.717) is 12.3 Å². The molecule has 0 bridgehead atoms. The van der Waals surface area contributed by atoms with Crippen LogP contribution in [0, 0.1) is 6.92 Å². The van der Waals surface area contributed by atoms with Gasteiger partial charge in [-0.1, -0.05) is 35.9 Å². The Morgan fingerprint density at radius 3 is 2.70 bits per heavy atom. The predicted molar refractivity (Wildman–Crippen MR) is 88.6 cm³/mol. The average Bonchev–Trinajstić information content (AvgIpc) is 3.00. The van der Waals surface area contributed by atoms with E-state index >= 15 is 0 Å². The molecule has 1 N–H and O–H groups in total. The molecule has 1 aliphatic heterocycles. The molecule has 0 saturated heterocycles. The summed E-state index contributed by atoms with van der Waals surface area (Å²) >= 11 is 0. The number of hydrogen-bond acceptors (Lipinski definition) is 3. The highest BCUT2D eigenvalue weighted by Crippen LogP contribution is 2.36. The Balaban J connectivity index is 1.72. The van der Waals surface area contributed by atoms with Crippen LogP contribution in [0.1, 0.15) is 30.5 Å². The fourth-order valence-electron chi connectivity index (χ4n) is 2.64. The van der Waals surface area contributed by atoms with Crippen LogP contribution in [-0.2, 0) is 16.8 Å². The summed E-state index contributed by atoms with van der Waals surface area (Å²) < 4.78 is 10.7. The second-order valence-corrected chi connectivity index (χ2v) is 6.36. The summed E-state index contributed by atoms with van der Waals surface area (Å²) in [5.74, 6) is 1.41. The summed E-state index contributed by atoms with van der Waals surface area (Å²) in [6.45, 7) is 6.63. The first kappa shape index (κ1) is 15.4. The van der Waals surface area contributed by atoms with Crippen molar-refractivity contribution < 1.29 is 14.3 Å².